The Morgan fingerprint density at radius 1 is 1.25 bits per heavy atom. The Morgan fingerprint density at radius 2 is 2.00 bits per heavy atom. The SMILES string of the molecule is COc1ccc(CNC(=O)[C@H](C)OC(=O)/C=C/c2ccco2)cc1. The molecule has 0 bridgehead atoms. The molecular formula is C18H19NO5. The topological polar surface area (TPSA) is 77.8 Å². The highest BCUT2D eigenvalue weighted by molar-refractivity contribution is 5.90. The number of rotatable bonds is 7. The predicted octanol–water partition coefficient (Wildman–Crippen LogP) is 2.55. The van der Waals surface area contributed by atoms with Crippen molar-refractivity contribution in [2.24, 2.45) is 0 Å². The maximum absolute atomic E-state index is 12.0. The number of carbonyl (C=O) groups is 2. The largest absolute Gasteiger partial charge is 0.497 e. The first-order valence-electron chi connectivity index (χ1n) is 7.41. The standard InChI is InChI=1S/C18H19NO5/c1-13(24-17(20)10-9-16-4-3-11-23-16)18(21)19-12-14-5-7-15(22-2)8-6-14/h3-11,13H,12H2,1-2H3,(H,19,21)/b10-9+/t13-/m0/s1. The van der Waals surface area contributed by atoms with Gasteiger partial charge >= 0.3 is 5.97 Å². The van der Waals surface area contributed by atoms with Crippen LogP contribution in [0.4, 0.5) is 0 Å². The van der Waals surface area contributed by atoms with E-state index >= 15 is 0 Å². The van der Waals surface area contributed by atoms with Gasteiger partial charge in [0.2, 0.25) is 0 Å². The van der Waals surface area contributed by atoms with Crippen LogP contribution in [-0.4, -0.2) is 25.1 Å². The lowest BCUT2D eigenvalue weighted by Crippen LogP contribution is -2.35. The van der Waals surface area contributed by atoms with Gasteiger partial charge in [0.15, 0.2) is 6.10 Å². The summed E-state index contributed by atoms with van der Waals surface area (Å²) in [6.07, 6.45) is 3.30. The number of hydrogen-bond donors (Lipinski definition) is 1. The van der Waals surface area contributed by atoms with Crippen LogP contribution in [0.2, 0.25) is 0 Å². The van der Waals surface area contributed by atoms with Gasteiger partial charge in [-0.25, -0.2) is 4.79 Å². The molecule has 1 heterocycles. The van der Waals surface area contributed by atoms with Crippen molar-refractivity contribution in [3.8, 4) is 5.75 Å². The lowest BCUT2D eigenvalue weighted by Gasteiger charge is -2.12. The molecule has 126 valence electrons. The number of carbonyl (C=O) groups excluding carboxylic acids is 2. The molecular weight excluding hydrogens is 310 g/mol. The molecule has 24 heavy (non-hydrogen) atoms. The number of esters is 1. The van der Waals surface area contributed by atoms with Gasteiger partial charge in [0.1, 0.15) is 11.5 Å². The molecule has 0 aliphatic carbocycles. The molecule has 0 aliphatic heterocycles. The third-order valence-corrected chi connectivity index (χ3v) is 3.21. The van der Waals surface area contributed by atoms with Gasteiger partial charge in [-0.05, 0) is 42.8 Å². The van der Waals surface area contributed by atoms with Crippen LogP contribution in [0.3, 0.4) is 0 Å². The third kappa shape index (κ3) is 5.31. The first kappa shape index (κ1) is 17.3. The second kappa shape index (κ2) is 8.57. The molecule has 1 aromatic heterocycles. The average Bonchev–Trinajstić information content (AvgIpc) is 3.11. The zero-order chi connectivity index (χ0) is 17.4. The van der Waals surface area contributed by atoms with E-state index in [1.165, 1.54) is 25.3 Å². The van der Waals surface area contributed by atoms with Gasteiger partial charge in [-0.2, -0.15) is 0 Å². The van der Waals surface area contributed by atoms with E-state index in [2.05, 4.69) is 5.32 Å². The Balaban J connectivity index is 1.77. The number of amides is 1. The van der Waals surface area contributed by atoms with Crippen molar-refractivity contribution in [2.75, 3.05) is 7.11 Å². The van der Waals surface area contributed by atoms with Crippen LogP contribution in [0.25, 0.3) is 6.08 Å². The summed E-state index contributed by atoms with van der Waals surface area (Å²) in [4.78, 5) is 23.6. The molecule has 2 aromatic rings. The lowest BCUT2D eigenvalue weighted by atomic mass is 10.2. The summed E-state index contributed by atoms with van der Waals surface area (Å²) in [5.74, 6) is 0.295. The van der Waals surface area contributed by atoms with Crippen LogP contribution in [0.1, 0.15) is 18.2 Å². The molecule has 6 heteroatoms. The molecule has 0 fully saturated rings. The molecule has 0 spiro atoms. The molecule has 0 saturated heterocycles. The van der Waals surface area contributed by atoms with Crippen molar-refractivity contribution in [3.05, 3.63) is 60.1 Å². The molecule has 2 rings (SSSR count). The molecule has 1 atom stereocenters. The normalized spacial score (nSPS) is 11.9. The number of hydrogen-bond acceptors (Lipinski definition) is 5. The van der Waals surface area contributed by atoms with Gasteiger partial charge in [0.25, 0.3) is 5.91 Å². The van der Waals surface area contributed by atoms with Crippen molar-refractivity contribution < 1.29 is 23.5 Å². The maximum Gasteiger partial charge on any atom is 0.331 e. The van der Waals surface area contributed by atoms with E-state index < -0.39 is 12.1 Å². The fourth-order valence-corrected chi connectivity index (χ4v) is 1.88. The minimum Gasteiger partial charge on any atom is -0.497 e. The third-order valence-electron chi connectivity index (χ3n) is 3.21. The number of ether oxygens (including phenoxy) is 2. The average molecular weight is 329 g/mol. The summed E-state index contributed by atoms with van der Waals surface area (Å²) >= 11 is 0. The number of furan rings is 1. The molecule has 0 aliphatic rings. The number of methoxy groups -OCH3 is 1. The smallest absolute Gasteiger partial charge is 0.331 e. The summed E-state index contributed by atoms with van der Waals surface area (Å²) in [5, 5.41) is 2.71. The summed E-state index contributed by atoms with van der Waals surface area (Å²) in [7, 11) is 1.59. The summed E-state index contributed by atoms with van der Waals surface area (Å²) < 4.78 is 15.2. The molecule has 1 N–H and O–H groups in total. The molecule has 1 aromatic carbocycles. The second-order valence-electron chi connectivity index (χ2n) is 4.99. The van der Waals surface area contributed by atoms with E-state index in [0.29, 0.717) is 12.3 Å². The van der Waals surface area contributed by atoms with Gasteiger partial charge in [-0.1, -0.05) is 12.1 Å². The highest BCUT2D eigenvalue weighted by Gasteiger charge is 2.16. The van der Waals surface area contributed by atoms with Crippen LogP contribution in [0.15, 0.2) is 53.2 Å². The molecule has 6 nitrogen and oxygen atoms in total. The van der Waals surface area contributed by atoms with E-state index in [4.69, 9.17) is 13.9 Å². The molecule has 0 radical (unpaired) electrons. The number of benzene rings is 1. The summed E-state index contributed by atoms with van der Waals surface area (Å²) in [6, 6.07) is 10.7. The second-order valence-corrected chi connectivity index (χ2v) is 4.99. The van der Waals surface area contributed by atoms with E-state index in [0.717, 1.165) is 11.3 Å². The monoisotopic (exact) mass is 329 g/mol. The lowest BCUT2D eigenvalue weighted by molar-refractivity contribution is -0.150. The van der Waals surface area contributed by atoms with Gasteiger partial charge in [0.05, 0.1) is 13.4 Å². The van der Waals surface area contributed by atoms with E-state index in [1.807, 2.05) is 24.3 Å². The highest BCUT2D eigenvalue weighted by atomic mass is 16.5. The van der Waals surface area contributed by atoms with Crippen molar-refractivity contribution in [2.45, 2.75) is 19.6 Å². The first-order valence-corrected chi connectivity index (χ1v) is 7.41. The van der Waals surface area contributed by atoms with Crippen LogP contribution in [-0.2, 0) is 20.9 Å². The Hall–Kier alpha value is -3.02. The Morgan fingerprint density at radius 3 is 2.62 bits per heavy atom. The highest BCUT2D eigenvalue weighted by Crippen LogP contribution is 2.11. The Kier molecular flexibility index (Phi) is 6.19. The zero-order valence-electron chi connectivity index (χ0n) is 13.5. The van der Waals surface area contributed by atoms with Crippen LogP contribution in [0, 0.1) is 0 Å². The van der Waals surface area contributed by atoms with Crippen LogP contribution < -0.4 is 10.1 Å². The van der Waals surface area contributed by atoms with E-state index in [9.17, 15) is 9.59 Å². The van der Waals surface area contributed by atoms with Crippen molar-refractivity contribution in [1.82, 2.24) is 5.32 Å². The summed E-state index contributed by atoms with van der Waals surface area (Å²) in [5.41, 5.74) is 0.917. The number of nitrogens with one attached hydrogen (secondary N) is 1. The van der Waals surface area contributed by atoms with Crippen molar-refractivity contribution in [3.63, 3.8) is 0 Å². The zero-order valence-corrected chi connectivity index (χ0v) is 13.5. The molecule has 0 saturated carbocycles. The fraction of sp³-hybridized carbons (Fsp3) is 0.222. The minimum absolute atomic E-state index is 0.340. The van der Waals surface area contributed by atoms with E-state index in [1.54, 1.807) is 19.2 Å². The van der Waals surface area contributed by atoms with Gasteiger partial charge < -0.3 is 19.2 Å². The molecule has 0 unspecified atom stereocenters. The Labute approximate surface area is 140 Å². The van der Waals surface area contributed by atoms with Gasteiger partial charge in [-0.3, -0.25) is 4.79 Å². The maximum atomic E-state index is 12.0. The quantitative estimate of drug-likeness (QED) is 0.624. The van der Waals surface area contributed by atoms with Crippen molar-refractivity contribution >= 4 is 18.0 Å². The van der Waals surface area contributed by atoms with Crippen LogP contribution in [0.5, 0.6) is 5.75 Å². The van der Waals surface area contributed by atoms with Crippen molar-refractivity contribution in [1.29, 1.82) is 0 Å². The van der Waals surface area contributed by atoms with Gasteiger partial charge in [-0.15, -0.1) is 0 Å². The fourth-order valence-electron chi connectivity index (χ4n) is 1.88. The minimum atomic E-state index is -0.892. The first-order chi connectivity index (χ1) is 11.6. The van der Waals surface area contributed by atoms with Gasteiger partial charge in [0, 0.05) is 12.6 Å². The predicted molar refractivity (Wildman–Crippen MR) is 88.1 cm³/mol. The summed E-state index contributed by atoms with van der Waals surface area (Å²) in [6.45, 7) is 1.86. The van der Waals surface area contributed by atoms with Crippen LogP contribution >= 0.6 is 0 Å². The molecule has 1 amide bonds. The van der Waals surface area contributed by atoms with E-state index in [-0.39, 0.29) is 5.91 Å². The Bertz CT molecular complexity index is 689.